The van der Waals surface area contributed by atoms with Gasteiger partial charge in [0.25, 0.3) is 0 Å². The molecule has 7 heteroatoms. The van der Waals surface area contributed by atoms with Crippen LogP contribution in [0.2, 0.25) is 5.02 Å². The molecule has 0 fully saturated rings. The minimum Gasteiger partial charge on any atom is -0.316 e. The van der Waals surface area contributed by atoms with Gasteiger partial charge in [0.15, 0.2) is 0 Å². The van der Waals surface area contributed by atoms with Gasteiger partial charge in [0.05, 0.1) is 11.4 Å². The van der Waals surface area contributed by atoms with Gasteiger partial charge in [-0.3, -0.25) is 9.52 Å². The summed E-state index contributed by atoms with van der Waals surface area (Å²) >= 11 is 5.75. The molecule has 0 bridgehead atoms. The first-order chi connectivity index (χ1) is 9.35. The van der Waals surface area contributed by atoms with Gasteiger partial charge < -0.3 is 4.57 Å². The summed E-state index contributed by atoms with van der Waals surface area (Å²) in [6.07, 6.45) is 1.43. The van der Waals surface area contributed by atoms with E-state index in [0.29, 0.717) is 16.3 Å². The van der Waals surface area contributed by atoms with Crippen LogP contribution in [-0.4, -0.2) is 13.0 Å². The van der Waals surface area contributed by atoms with Gasteiger partial charge in [-0.05, 0) is 23.8 Å². The van der Waals surface area contributed by atoms with Crippen LogP contribution in [-0.2, 0) is 22.8 Å². The molecule has 0 radical (unpaired) electrons. The largest absolute Gasteiger partial charge is 0.316 e. The summed E-state index contributed by atoms with van der Waals surface area (Å²) in [6, 6.07) is 9.32. The lowest BCUT2D eigenvalue weighted by atomic mass is 10.2. The van der Waals surface area contributed by atoms with Gasteiger partial charge in [-0.1, -0.05) is 23.7 Å². The molecule has 0 aliphatic rings. The number of hydrogen-bond donors (Lipinski definition) is 1. The molecule has 2 aromatic rings. The number of benzene rings is 1. The van der Waals surface area contributed by atoms with E-state index >= 15 is 0 Å². The molecule has 0 atom stereocenters. The van der Waals surface area contributed by atoms with E-state index in [1.54, 1.807) is 31.3 Å². The molecule has 2 rings (SSSR count). The van der Waals surface area contributed by atoms with E-state index in [4.69, 9.17) is 11.6 Å². The third-order valence-corrected chi connectivity index (χ3v) is 4.14. The van der Waals surface area contributed by atoms with Gasteiger partial charge in [0, 0.05) is 24.3 Å². The maximum absolute atomic E-state index is 12.0. The molecule has 1 aromatic heterocycles. The number of rotatable bonds is 4. The zero-order chi connectivity index (χ0) is 14.8. The van der Waals surface area contributed by atoms with Gasteiger partial charge in [-0.25, -0.2) is 8.42 Å². The average Bonchev–Trinajstić information content (AvgIpc) is 2.36. The standard InChI is InChI=1S/C13H13ClN2O3S/c1-16-8-12(6-7-13(16)17)15-20(18,19)9-10-2-4-11(14)5-3-10/h2-8,15H,9H2,1H3. The number of nitrogens with one attached hydrogen (secondary N) is 1. The van der Waals surface area contributed by atoms with Crippen LogP contribution in [0.3, 0.4) is 0 Å². The fourth-order valence-electron chi connectivity index (χ4n) is 1.67. The van der Waals surface area contributed by atoms with Gasteiger partial charge in [0.2, 0.25) is 15.6 Å². The molecular weight excluding hydrogens is 300 g/mol. The topological polar surface area (TPSA) is 68.2 Å². The Hall–Kier alpha value is -1.79. The molecular formula is C13H13ClN2O3S. The normalized spacial score (nSPS) is 11.3. The van der Waals surface area contributed by atoms with E-state index in [1.807, 2.05) is 0 Å². The zero-order valence-corrected chi connectivity index (χ0v) is 12.3. The number of sulfonamides is 1. The number of anilines is 1. The molecule has 0 aliphatic carbocycles. The highest BCUT2D eigenvalue weighted by molar-refractivity contribution is 7.91. The number of pyridine rings is 1. The fraction of sp³-hybridized carbons (Fsp3) is 0.154. The Morgan fingerprint density at radius 3 is 2.40 bits per heavy atom. The van der Waals surface area contributed by atoms with E-state index in [0.717, 1.165) is 0 Å². The highest BCUT2D eigenvalue weighted by Gasteiger charge is 2.12. The minimum absolute atomic E-state index is 0.160. The van der Waals surface area contributed by atoms with Crippen LogP contribution in [0, 0.1) is 0 Å². The number of nitrogens with zero attached hydrogens (tertiary/aromatic N) is 1. The summed E-state index contributed by atoms with van der Waals surface area (Å²) in [5, 5.41) is 0.553. The summed E-state index contributed by atoms with van der Waals surface area (Å²) in [5.74, 6) is -0.160. The number of aromatic nitrogens is 1. The van der Waals surface area contributed by atoms with Crippen molar-refractivity contribution >= 4 is 27.3 Å². The molecule has 1 N–H and O–H groups in total. The van der Waals surface area contributed by atoms with Crippen LogP contribution in [0.5, 0.6) is 0 Å². The molecule has 0 spiro atoms. The minimum atomic E-state index is -3.54. The lowest BCUT2D eigenvalue weighted by molar-refractivity contribution is 0.600. The average molecular weight is 313 g/mol. The Balaban J connectivity index is 2.16. The molecule has 0 saturated heterocycles. The molecule has 0 unspecified atom stereocenters. The van der Waals surface area contributed by atoms with Crippen LogP contribution in [0.1, 0.15) is 5.56 Å². The number of halogens is 1. The summed E-state index contributed by atoms with van der Waals surface area (Å²) in [7, 11) is -1.98. The third kappa shape index (κ3) is 3.85. The van der Waals surface area contributed by atoms with Gasteiger partial charge >= 0.3 is 0 Å². The van der Waals surface area contributed by atoms with Crippen molar-refractivity contribution in [2.24, 2.45) is 7.05 Å². The Morgan fingerprint density at radius 1 is 1.15 bits per heavy atom. The first kappa shape index (κ1) is 14.6. The van der Waals surface area contributed by atoms with Crippen molar-refractivity contribution in [3.8, 4) is 0 Å². The highest BCUT2D eigenvalue weighted by Crippen LogP contribution is 2.14. The van der Waals surface area contributed by atoms with E-state index in [-0.39, 0.29) is 11.3 Å². The summed E-state index contributed by atoms with van der Waals surface area (Å²) < 4.78 is 27.8. The molecule has 0 saturated carbocycles. The summed E-state index contributed by atoms with van der Waals surface area (Å²) in [4.78, 5) is 11.2. The third-order valence-electron chi connectivity index (χ3n) is 2.63. The second kappa shape index (κ2) is 5.68. The highest BCUT2D eigenvalue weighted by atomic mass is 35.5. The summed E-state index contributed by atoms with van der Waals surface area (Å²) in [6.45, 7) is 0. The number of hydrogen-bond acceptors (Lipinski definition) is 3. The van der Waals surface area contributed by atoms with Crippen LogP contribution < -0.4 is 10.3 Å². The fourth-order valence-corrected chi connectivity index (χ4v) is 2.98. The quantitative estimate of drug-likeness (QED) is 0.938. The van der Waals surface area contributed by atoms with E-state index in [1.165, 1.54) is 22.9 Å². The lowest BCUT2D eigenvalue weighted by Crippen LogP contribution is -2.19. The molecule has 1 aromatic carbocycles. The maximum Gasteiger partial charge on any atom is 0.250 e. The maximum atomic E-state index is 12.0. The number of aryl methyl sites for hydroxylation is 1. The first-order valence-electron chi connectivity index (χ1n) is 5.77. The lowest BCUT2D eigenvalue weighted by Gasteiger charge is -2.09. The molecule has 106 valence electrons. The predicted molar refractivity (Wildman–Crippen MR) is 79.4 cm³/mol. The molecule has 20 heavy (non-hydrogen) atoms. The molecule has 0 amide bonds. The second-order valence-corrected chi connectivity index (χ2v) is 6.51. The van der Waals surface area contributed by atoms with Crippen molar-refractivity contribution < 1.29 is 8.42 Å². The van der Waals surface area contributed by atoms with Crippen molar-refractivity contribution in [1.29, 1.82) is 0 Å². The Morgan fingerprint density at radius 2 is 1.80 bits per heavy atom. The van der Waals surface area contributed by atoms with Crippen LogP contribution >= 0.6 is 11.6 Å². The van der Waals surface area contributed by atoms with Gasteiger partial charge in [-0.15, -0.1) is 0 Å². The van der Waals surface area contributed by atoms with Crippen LogP contribution in [0.15, 0.2) is 47.4 Å². The summed E-state index contributed by atoms with van der Waals surface area (Å²) in [5.41, 5.74) is 0.776. The van der Waals surface area contributed by atoms with Crippen molar-refractivity contribution in [3.05, 3.63) is 63.5 Å². The van der Waals surface area contributed by atoms with E-state index in [2.05, 4.69) is 4.72 Å². The monoisotopic (exact) mass is 312 g/mol. The van der Waals surface area contributed by atoms with E-state index in [9.17, 15) is 13.2 Å². The predicted octanol–water partition coefficient (Wildman–Crippen LogP) is 1.98. The van der Waals surface area contributed by atoms with Crippen molar-refractivity contribution in [3.63, 3.8) is 0 Å². The molecule has 0 aliphatic heterocycles. The van der Waals surface area contributed by atoms with Gasteiger partial charge in [-0.2, -0.15) is 0 Å². The van der Waals surface area contributed by atoms with Gasteiger partial charge in [0.1, 0.15) is 0 Å². The first-order valence-corrected chi connectivity index (χ1v) is 7.80. The van der Waals surface area contributed by atoms with Crippen molar-refractivity contribution in [2.75, 3.05) is 4.72 Å². The van der Waals surface area contributed by atoms with Crippen molar-refractivity contribution in [1.82, 2.24) is 4.57 Å². The molecule has 1 heterocycles. The van der Waals surface area contributed by atoms with Crippen LogP contribution in [0.25, 0.3) is 0 Å². The Labute approximate surface area is 121 Å². The Kier molecular flexibility index (Phi) is 4.15. The molecule has 5 nitrogen and oxygen atoms in total. The second-order valence-electron chi connectivity index (χ2n) is 4.35. The van der Waals surface area contributed by atoms with Crippen LogP contribution in [0.4, 0.5) is 5.69 Å². The Bertz CT molecular complexity index is 767. The smallest absolute Gasteiger partial charge is 0.250 e. The van der Waals surface area contributed by atoms with E-state index < -0.39 is 10.0 Å². The SMILES string of the molecule is Cn1cc(NS(=O)(=O)Cc2ccc(Cl)cc2)ccc1=O. The van der Waals surface area contributed by atoms with Crippen molar-refractivity contribution in [2.45, 2.75) is 5.75 Å². The zero-order valence-electron chi connectivity index (χ0n) is 10.7.